The van der Waals surface area contributed by atoms with Gasteiger partial charge in [-0.1, -0.05) is 105 Å². The van der Waals surface area contributed by atoms with E-state index in [4.69, 9.17) is 4.74 Å². The molecule has 0 heterocycles. The standard InChI is InChI=1S/C27H48O.CH4/c1-7-9-10-11-12-13-21-28-27-25(6)24(5)18-20-26(27)19-17-23(4)16-14-15-22(3)8-2;/h18,20,22-23H,7-17,19,21H2,1-6H3;1H4. The van der Waals surface area contributed by atoms with E-state index in [-0.39, 0.29) is 7.43 Å². The zero-order chi connectivity index (χ0) is 20.8. The Morgan fingerprint density at radius 3 is 2.14 bits per heavy atom. The van der Waals surface area contributed by atoms with Crippen LogP contribution in [0.2, 0.25) is 0 Å². The van der Waals surface area contributed by atoms with Crippen molar-refractivity contribution < 1.29 is 4.74 Å². The molecule has 0 aliphatic rings. The lowest BCUT2D eigenvalue weighted by Gasteiger charge is -2.18. The molecule has 1 nitrogen and oxygen atoms in total. The third kappa shape index (κ3) is 11.7. The summed E-state index contributed by atoms with van der Waals surface area (Å²) in [6.45, 7) is 14.7. The van der Waals surface area contributed by atoms with E-state index < -0.39 is 0 Å². The predicted molar refractivity (Wildman–Crippen MR) is 132 cm³/mol. The summed E-state index contributed by atoms with van der Waals surface area (Å²) in [5, 5.41) is 0. The molecule has 170 valence electrons. The van der Waals surface area contributed by atoms with Gasteiger partial charge in [0.15, 0.2) is 0 Å². The number of rotatable bonds is 16. The minimum absolute atomic E-state index is 0. The number of unbranched alkanes of at least 4 members (excludes halogenated alkanes) is 5. The van der Waals surface area contributed by atoms with Crippen LogP contribution in [0.15, 0.2) is 12.1 Å². The summed E-state index contributed by atoms with van der Waals surface area (Å²) in [5.41, 5.74) is 4.11. The van der Waals surface area contributed by atoms with E-state index in [2.05, 4.69) is 53.7 Å². The lowest BCUT2D eigenvalue weighted by molar-refractivity contribution is 0.298. The van der Waals surface area contributed by atoms with Gasteiger partial charge in [-0.25, -0.2) is 0 Å². The van der Waals surface area contributed by atoms with Crippen molar-refractivity contribution in [2.24, 2.45) is 11.8 Å². The van der Waals surface area contributed by atoms with E-state index in [0.29, 0.717) is 0 Å². The molecule has 1 heteroatoms. The van der Waals surface area contributed by atoms with E-state index in [1.54, 1.807) is 0 Å². The first-order valence-corrected chi connectivity index (χ1v) is 12.2. The molecule has 0 radical (unpaired) electrons. The summed E-state index contributed by atoms with van der Waals surface area (Å²) in [6, 6.07) is 4.58. The third-order valence-corrected chi connectivity index (χ3v) is 6.50. The molecule has 0 aliphatic carbocycles. The molecule has 0 spiro atoms. The molecule has 0 N–H and O–H groups in total. The first kappa shape index (κ1) is 28.0. The fraction of sp³-hybridized carbons (Fsp3) is 0.786. The first-order valence-electron chi connectivity index (χ1n) is 12.2. The van der Waals surface area contributed by atoms with Gasteiger partial charge in [-0.3, -0.25) is 0 Å². The molecule has 0 aromatic heterocycles. The van der Waals surface area contributed by atoms with Gasteiger partial charge in [0.05, 0.1) is 6.61 Å². The van der Waals surface area contributed by atoms with Crippen molar-refractivity contribution in [3.05, 3.63) is 28.8 Å². The van der Waals surface area contributed by atoms with Crippen LogP contribution < -0.4 is 4.74 Å². The maximum atomic E-state index is 6.31. The van der Waals surface area contributed by atoms with Gasteiger partial charge in [-0.2, -0.15) is 0 Å². The van der Waals surface area contributed by atoms with Crippen LogP contribution in [0.3, 0.4) is 0 Å². The molecule has 0 saturated carbocycles. The summed E-state index contributed by atoms with van der Waals surface area (Å²) in [7, 11) is 0. The Kier molecular flexibility index (Phi) is 16.2. The maximum absolute atomic E-state index is 6.31. The van der Waals surface area contributed by atoms with E-state index in [9.17, 15) is 0 Å². The Labute approximate surface area is 184 Å². The van der Waals surface area contributed by atoms with Gasteiger partial charge in [0.1, 0.15) is 5.75 Å². The zero-order valence-electron chi connectivity index (χ0n) is 19.9. The largest absolute Gasteiger partial charge is 0.493 e. The van der Waals surface area contributed by atoms with Crippen LogP contribution in [-0.2, 0) is 6.42 Å². The fourth-order valence-corrected chi connectivity index (χ4v) is 3.87. The molecule has 0 saturated heterocycles. The van der Waals surface area contributed by atoms with Crippen molar-refractivity contribution >= 4 is 0 Å². The van der Waals surface area contributed by atoms with Crippen molar-refractivity contribution in [2.45, 2.75) is 126 Å². The van der Waals surface area contributed by atoms with Crippen molar-refractivity contribution in [2.75, 3.05) is 6.61 Å². The normalized spacial score (nSPS) is 13.0. The van der Waals surface area contributed by atoms with Crippen molar-refractivity contribution in [1.82, 2.24) is 0 Å². The van der Waals surface area contributed by atoms with Gasteiger partial charge in [-0.05, 0) is 61.6 Å². The molecule has 1 aromatic rings. The molecule has 0 fully saturated rings. The molecule has 2 unspecified atom stereocenters. The topological polar surface area (TPSA) is 9.23 Å². The Bertz CT molecular complexity index is 519. The van der Waals surface area contributed by atoms with Crippen molar-refractivity contribution in [1.29, 1.82) is 0 Å². The van der Waals surface area contributed by atoms with Crippen LogP contribution in [0.4, 0.5) is 0 Å². The Balaban J connectivity index is 0.00000784. The molecule has 1 aromatic carbocycles. The number of ether oxygens (including phenoxy) is 1. The van der Waals surface area contributed by atoms with Crippen LogP contribution in [0.1, 0.15) is 122 Å². The second-order valence-corrected chi connectivity index (χ2v) is 9.20. The highest BCUT2D eigenvalue weighted by molar-refractivity contribution is 5.45. The number of hydrogen-bond donors (Lipinski definition) is 0. The van der Waals surface area contributed by atoms with E-state index in [1.807, 2.05) is 0 Å². The molecule has 0 aliphatic heterocycles. The van der Waals surface area contributed by atoms with E-state index in [0.717, 1.165) is 24.9 Å². The van der Waals surface area contributed by atoms with Crippen molar-refractivity contribution in [3.8, 4) is 5.75 Å². The maximum Gasteiger partial charge on any atom is 0.125 e. The van der Waals surface area contributed by atoms with Gasteiger partial charge in [0, 0.05) is 0 Å². The molecule has 0 bridgehead atoms. The Morgan fingerprint density at radius 2 is 1.45 bits per heavy atom. The number of hydrogen-bond acceptors (Lipinski definition) is 1. The summed E-state index contributed by atoms with van der Waals surface area (Å²) in [6.07, 6.45) is 15.8. The van der Waals surface area contributed by atoms with Gasteiger partial charge >= 0.3 is 0 Å². The number of benzene rings is 1. The highest BCUT2D eigenvalue weighted by Crippen LogP contribution is 2.29. The van der Waals surface area contributed by atoms with Gasteiger partial charge in [0.2, 0.25) is 0 Å². The minimum atomic E-state index is 0. The van der Waals surface area contributed by atoms with Crippen LogP contribution in [0.5, 0.6) is 5.75 Å². The summed E-state index contributed by atoms with van der Waals surface area (Å²) in [4.78, 5) is 0. The summed E-state index contributed by atoms with van der Waals surface area (Å²) in [5.74, 6) is 2.87. The fourth-order valence-electron chi connectivity index (χ4n) is 3.87. The van der Waals surface area contributed by atoms with Crippen LogP contribution in [-0.4, -0.2) is 6.61 Å². The molecular formula is C28H52O. The Hall–Kier alpha value is -0.980. The van der Waals surface area contributed by atoms with Gasteiger partial charge in [-0.15, -0.1) is 0 Å². The second kappa shape index (κ2) is 16.8. The van der Waals surface area contributed by atoms with Gasteiger partial charge in [0.25, 0.3) is 0 Å². The van der Waals surface area contributed by atoms with Crippen LogP contribution in [0, 0.1) is 25.7 Å². The van der Waals surface area contributed by atoms with E-state index in [1.165, 1.54) is 93.1 Å². The zero-order valence-corrected chi connectivity index (χ0v) is 19.9. The molecule has 0 amide bonds. The van der Waals surface area contributed by atoms with Crippen LogP contribution >= 0.6 is 0 Å². The lowest BCUT2D eigenvalue weighted by Crippen LogP contribution is -2.05. The Morgan fingerprint density at radius 1 is 0.793 bits per heavy atom. The minimum Gasteiger partial charge on any atom is -0.493 e. The smallest absolute Gasteiger partial charge is 0.125 e. The molecule has 29 heavy (non-hydrogen) atoms. The summed E-state index contributed by atoms with van der Waals surface area (Å²) < 4.78 is 6.31. The van der Waals surface area contributed by atoms with Gasteiger partial charge < -0.3 is 4.74 Å². The van der Waals surface area contributed by atoms with E-state index >= 15 is 0 Å². The van der Waals surface area contributed by atoms with Crippen molar-refractivity contribution in [3.63, 3.8) is 0 Å². The molecule has 2 atom stereocenters. The quantitative estimate of drug-likeness (QED) is 0.249. The first-order chi connectivity index (χ1) is 13.5. The number of aryl methyl sites for hydroxylation is 2. The average Bonchev–Trinajstić information content (AvgIpc) is 2.69. The highest BCUT2D eigenvalue weighted by Gasteiger charge is 2.12. The highest BCUT2D eigenvalue weighted by atomic mass is 16.5. The second-order valence-electron chi connectivity index (χ2n) is 9.20. The molecule has 1 rings (SSSR count). The lowest BCUT2D eigenvalue weighted by atomic mass is 9.92. The average molecular weight is 405 g/mol. The summed E-state index contributed by atoms with van der Waals surface area (Å²) >= 11 is 0. The monoisotopic (exact) mass is 404 g/mol. The molecular weight excluding hydrogens is 352 g/mol. The third-order valence-electron chi connectivity index (χ3n) is 6.50. The SMILES string of the molecule is C.CCCCCCCCOc1c(CCC(C)CCCC(C)CC)ccc(C)c1C. The predicted octanol–water partition coefficient (Wildman–Crippen LogP) is 9.46. The van der Waals surface area contributed by atoms with Crippen LogP contribution in [0.25, 0.3) is 0 Å².